The number of amides is 1. The molecule has 0 aliphatic heterocycles. The van der Waals surface area contributed by atoms with Crippen molar-refractivity contribution in [3.8, 4) is 0 Å². The van der Waals surface area contributed by atoms with Crippen LogP contribution in [0.3, 0.4) is 0 Å². The van der Waals surface area contributed by atoms with E-state index in [1.165, 1.54) is 38.5 Å². The van der Waals surface area contributed by atoms with Crippen LogP contribution < -0.4 is 11.3 Å². The van der Waals surface area contributed by atoms with E-state index in [9.17, 15) is 4.79 Å². The molecule has 0 saturated carbocycles. The summed E-state index contributed by atoms with van der Waals surface area (Å²) in [6, 6.07) is 7.70. The molecule has 0 aliphatic rings. The Morgan fingerprint density at radius 1 is 1.05 bits per heavy atom. The Balaban J connectivity index is 2.31. The van der Waals surface area contributed by atoms with Crippen molar-refractivity contribution in [1.29, 1.82) is 0 Å². The van der Waals surface area contributed by atoms with Crippen molar-refractivity contribution in [2.45, 2.75) is 58.3 Å². The van der Waals surface area contributed by atoms with Crippen molar-refractivity contribution in [3.63, 3.8) is 0 Å². The Hall–Kier alpha value is -1.35. The third-order valence-corrected chi connectivity index (χ3v) is 3.44. The molecule has 0 saturated heterocycles. The highest BCUT2D eigenvalue weighted by molar-refractivity contribution is 5.95. The Labute approximate surface area is 116 Å². The molecule has 1 aromatic carbocycles. The summed E-state index contributed by atoms with van der Waals surface area (Å²) < 4.78 is 0. The lowest BCUT2D eigenvalue weighted by molar-refractivity contribution is 0.0952. The van der Waals surface area contributed by atoms with Gasteiger partial charge in [-0.25, -0.2) is 5.84 Å². The monoisotopic (exact) mass is 262 g/mol. The summed E-state index contributed by atoms with van der Waals surface area (Å²) in [5, 5.41) is 0. The molecular formula is C16H26N2O. The molecule has 106 valence electrons. The smallest absolute Gasteiger partial charge is 0.265 e. The number of hydrazine groups is 1. The molecule has 1 rings (SSSR count). The Morgan fingerprint density at radius 3 is 2.37 bits per heavy atom. The summed E-state index contributed by atoms with van der Waals surface area (Å²) in [6.45, 7) is 2.24. The summed E-state index contributed by atoms with van der Waals surface area (Å²) in [5.74, 6) is 5.00. The third-order valence-electron chi connectivity index (χ3n) is 3.44. The molecule has 3 heteroatoms. The Bertz CT molecular complexity index is 377. The maximum absolute atomic E-state index is 11.6. The van der Waals surface area contributed by atoms with Gasteiger partial charge in [-0.15, -0.1) is 0 Å². The van der Waals surface area contributed by atoms with E-state index in [2.05, 4.69) is 12.3 Å². The van der Waals surface area contributed by atoms with Gasteiger partial charge in [-0.05, 0) is 24.5 Å². The fraction of sp³-hybridized carbons (Fsp3) is 0.562. The number of hydrogen-bond acceptors (Lipinski definition) is 2. The van der Waals surface area contributed by atoms with E-state index in [0.717, 1.165) is 18.4 Å². The molecular weight excluding hydrogens is 236 g/mol. The van der Waals surface area contributed by atoms with Gasteiger partial charge in [0.05, 0.1) is 0 Å². The van der Waals surface area contributed by atoms with Gasteiger partial charge < -0.3 is 0 Å². The van der Waals surface area contributed by atoms with Crippen molar-refractivity contribution in [1.82, 2.24) is 5.43 Å². The third kappa shape index (κ3) is 5.88. The minimum absolute atomic E-state index is 0.196. The van der Waals surface area contributed by atoms with Crippen LogP contribution in [0.5, 0.6) is 0 Å². The summed E-state index contributed by atoms with van der Waals surface area (Å²) in [5.41, 5.74) is 4.01. The van der Waals surface area contributed by atoms with Crippen LogP contribution in [-0.2, 0) is 6.42 Å². The molecule has 0 aliphatic carbocycles. The van der Waals surface area contributed by atoms with Crippen molar-refractivity contribution < 1.29 is 4.79 Å². The van der Waals surface area contributed by atoms with Crippen LogP contribution >= 0.6 is 0 Å². The molecule has 0 spiro atoms. The van der Waals surface area contributed by atoms with Crippen LogP contribution in [0.2, 0.25) is 0 Å². The van der Waals surface area contributed by atoms with Crippen molar-refractivity contribution in [2.75, 3.05) is 0 Å². The van der Waals surface area contributed by atoms with E-state index in [4.69, 9.17) is 5.84 Å². The minimum atomic E-state index is -0.196. The van der Waals surface area contributed by atoms with Crippen molar-refractivity contribution in [3.05, 3.63) is 35.4 Å². The van der Waals surface area contributed by atoms with Crippen LogP contribution in [0, 0.1) is 0 Å². The zero-order chi connectivity index (χ0) is 13.9. The van der Waals surface area contributed by atoms with Gasteiger partial charge in [-0.1, -0.05) is 63.6 Å². The normalized spacial score (nSPS) is 10.4. The molecule has 3 nitrogen and oxygen atoms in total. The van der Waals surface area contributed by atoms with E-state index in [1.807, 2.05) is 24.3 Å². The summed E-state index contributed by atoms with van der Waals surface area (Å²) in [6.07, 6.45) is 9.95. The molecule has 1 aromatic rings. The highest BCUT2D eigenvalue weighted by Crippen LogP contribution is 2.14. The van der Waals surface area contributed by atoms with Gasteiger partial charge in [0.1, 0.15) is 0 Å². The molecule has 0 atom stereocenters. The Kier molecular flexibility index (Phi) is 7.91. The lowest BCUT2D eigenvalue weighted by Gasteiger charge is -2.08. The minimum Gasteiger partial charge on any atom is -0.290 e. The van der Waals surface area contributed by atoms with Gasteiger partial charge in [-0.2, -0.15) is 0 Å². The predicted octanol–water partition coefficient (Wildman–Crippen LogP) is 3.58. The average Bonchev–Trinajstić information content (AvgIpc) is 2.46. The number of hydrogen-bond donors (Lipinski definition) is 2. The van der Waals surface area contributed by atoms with E-state index < -0.39 is 0 Å². The molecule has 0 unspecified atom stereocenters. The topological polar surface area (TPSA) is 55.1 Å². The van der Waals surface area contributed by atoms with Gasteiger partial charge in [0.2, 0.25) is 0 Å². The number of unbranched alkanes of at least 4 members (excludes halogenated alkanes) is 6. The van der Waals surface area contributed by atoms with Gasteiger partial charge in [0.15, 0.2) is 0 Å². The summed E-state index contributed by atoms with van der Waals surface area (Å²) >= 11 is 0. The van der Waals surface area contributed by atoms with Crippen LogP contribution in [-0.4, -0.2) is 5.91 Å². The second-order valence-electron chi connectivity index (χ2n) is 5.00. The molecule has 19 heavy (non-hydrogen) atoms. The fourth-order valence-corrected chi connectivity index (χ4v) is 2.31. The van der Waals surface area contributed by atoms with Crippen LogP contribution in [0.1, 0.15) is 67.8 Å². The number of rotatable bonds is 9. The first-order valence-corrected chi connectivity index (χ1v) is 7.38. The van der Waals surface area contributed by atoms with Gasteiger partial charge in [0.25, 0.3) is 5.91 Å². The number of nitrogen functional groups attached to an aromatic ring is 1. The van der Waals surface area contributed by atoms with E-state index in [0.29, 0.717) is 5.56 Å². The lowest BCUT2D eigenvalue weighted by atomic mass is 10.00. The highest BCUT2D eigenvalue weighted by Gasteiger charge is 2.08. The largest absolute Gasteiger partial charge is 0.290 e. The summed E-state index contributed by atoms with van der Waals surface area (Å²) in [4.78, 5) is 11.6. The number of benzene rings is 1. The zero-order valence-corrected chi connectivity index (χ0v) is 12.0. The zero-order valence-electron chi connectivity index (χ0n) is 12.0. The van der Waals surface area contributed by atoms with Gasteiger partial charge in [0, 0.05) is 5.56 Å². The fourth-order valence-electron chi connectivity index (χ4n) is 2.31. The molecule has 0 radical (unpaired) electrons. The average molecular weight is 262 g/mol. The van der Waals surface area contributed by atoms with E-state index >= 15 is 0 Å². The van der Waals surface area contributed by atoms with E-state index in [1.54, 1.807) is 0 Å². The molecule has 0 bridgehead atoms. The maximum atomic E-state index is 11.6. The molecule has 1 amide bonds. The molecule has 0 fully saturated rings. The molecule has 0 heterocycles. The number of carbonyl (C=O) groups excluding carboxylic acids is 1. The van der Waals surface area contributed by atoms with Crippen LogP contribution in [0.15, 0.2) is 24.3 Å². The standard InChI is InChI=1S/C16H26N2O/c1-2-3-4-5-6-7-8-11-14-12-9-10-13-15(14)16(19)18-17/h9-10,12-13H,2-8,11,17H2,1H3,(H,18,19). The van der Waals surface area contributed by atoms with Gasteiger partial charge >= 0.3 is 0 Å². The SMILES string of the molecule is CCCCCCCCCc1ccccc1C(=O)NN. The van der Waals surface area contributed by atoms with Gasteiger partial charge in [-0.3, -0.25) is 10.2 Å². The first kappa shape index (κ1) is 15.7. The van der Waals surface area contributed by atoms with Crippen molar-refractivity contribution in [2.24, 2.45) is 5.84 Å². The molecule has 3 N–H and O–H groups in total. The number of nitrogens with two attached hydrogens (primary N) is 1. The second kappa shape index (κ2) is 9.56. The number of nitrogens with one attached hydrogen (secondary N) is 1. The van der Waals surface area contributed by atoms with Crippen LogP contribution in [0.25, 0.3) is 0 Å². The quantitative estimate of drug-likeness (QED) is 0.309. The van der Waals surface area contributed by atoms with Crippen LogP contribution in [0.4, 0.5) is 0 Å². The maximum Gasteiger partial charge on any atom is 0.265 e. The highest BCUT2D eigenvalue weighted by atomic mass is 16.2. The first-order chi connectivity index (χ1) is 9.29. The first-order valence-electron chi connectivity index (χ1n) is 7.38. The number of aryl methyl sites for hydroxylation is 1. The van der Waals surface area contributed by atoms with E-state index in [-0.39, 0.29) is 5.91 Å². The summed E-state index contributed by atoms with van der Waals surface area (Å²) in [7, 11) is 0. The lowest BCUT2D eigenvalue weighted by Crippen LogP contribution is -2.30. The predicted molar refractivity (Wildman–Crippen MR) is 79.8 cm³/mol. The second-order valence-corrected chi connectivity index (χ2v) is 5.00. The van der Waals surface area contributed by atoms with Crippen molar-refractivity contribution >= 4 is 5.91 Å². The molecule has 0 aromatic heterocycles. The number of carbonyl (C=O) groups is 1. The Morgan fingerprint density at radius 2 is 1.68 bits per heavy atom.